The highest BCUT2D eigenvalue weighted by molar-refractivity contribution is 5.97. The normalized spacial score (nSPS) is 15.2. The Balaban J connectivity index is 2.28. The number of carbonyl (C=O) groups excluding carboxylic acids is 1. The fraction of sp³-hybridized carbons (Fsp3) is 0.562. The van der Waals surface area contributed by atoms with Crippen LogP contribution in [0, 0.1) is 0 Å². The van der Waals surface area contributed by atoms with Gasteiger partial charge in [-0.1, -0.05) is 6.07 Å². The molecule has 0 radical (unpaired) electrons. The number of nitrogens with zero attached hydrogens (tertiary/aromatic N) is 1. The zero-order chi connectivity index (χ0) is 14.5. The summed E-state index contributed by atoms with van der Waals surface area (Å²) in [5.74, 6) is 0.109. The molecular weight excluding hydrogens is 252 g/mol. The van der Waals surface area contributed by atoms with E-state index < -0.39 is 0 Å². The van der Waals surface area contributed by atoms with Gasteiger partial charge in [0.1, 0.15) is 0 Å². The first-order valence-electron chi connectivity index (χ1n) is 7.34. The van der Waals surface area contributed by atoms with Crippen LogP contribution in [0.15, 0.2) is 18.2 Å². The van der Waals surface area contributed by atoms with Gasteiger partial charge >= 0.3 is 0 Å². The Morgan fingerprint density at radius 2 is 2.30 bits per heavy atom. The number of likely N-dealkylation sites (N-methyl/N-ethyl adjacent to an activating group) is 1. The molecule has 1 aliphatic rings. The highest BCUT2D eigenvalue weighted by Crippen LogP contribution is 2.26. The van der Waals surface area contributed by atoms with E-state index >= 15 is 0 Å². The van der Waals surface area contributed by atoms with Crippen LogP contribution in [0.3, 0.4) is 0 Å². The van der Waals surface area contributed by atoms with E-state index in [-0.39, 0.29) is 11.9 Å². The van der Waals surface area contributed by atoms with E-state index in [0.717, 1.165) is 36.2 Å². The average molecular weight is 276 g/mol. The van der Waals surface area contributed by atoms with Crippen LogP contribution in [-0.4, -0.2) is 43.7 Å². The lowest BCUT2D eigenvalue weighted by atomic mass is 9.96. The molecule has 2 rings (SSSR count). The minimum atomic E-state index is 0.0879. The number of amides is 1. The summed E-state index contributed by atoms with van der Waals surface area (Å²) >= 11 is 0. The molecule has 1 aliphatic heterocycles. The molecular formula is C16H24N2O2. The molecule has 110 valence electrons. The van der Waals surface area contributed by atoms with E-state index in [1.165, 1.54) is 0 Å². The molecule has 0 aromatic heterocycles. The van der Waals surface area contributed by atoms with Crippen LogP contribution in [0.2, 0.25) is 0 Å². The Kier molecular flexibility index (Phi) is 5.01. The topological polar surface area (TPSA) is 41.6 Å². The zero-order valence-electron chi connectivity index (χ0n) is 12.6. The number of carbonyl (C=O) groups is 1. The average Bonchev–Trinajstić information content (AvgIpc) is 2.47. The second-order valence-electron chi connectivity index (χ2n) is 5.26. The predicted octanol–water partition coefficient (Wildman–Crippen LogP) is 2.54. The van der Waals surface area contributed by atoms with Gasteiger partial charge in [0.05, 0.1) is 12.6 Å². The van der Waals surface area contributed by atoms with Gasteiger partial charge in [-0.2, -0.15) is 0 Å². The van der Waals surface area contributed by atoms with E-state index in [0.29, 0.717) is 13.2 Å². The van der Waals surface area contributed by atoms with Gasteiger partial charge < -0.3 is 15.0 Å². The number of anilines is 1. The molecule has 0 saturated carbocycles. The van der Waals surface area contributed by atoms with Crippen LogP contribution in [0.4, 0.5) is 5.69 Å². The number of hydrogen-bond acceptors (Lipinski definition) is 3. The number of nitrogens with one attached hydrogen (secondary N) is 1. The molecule has 0 spiro atoms. The minimum Gasteiger partial charge on any atom is -0.385 e. The van der Waals surface area contributed by atoms with Crippen molar-refractivity contribution in [1.82, 2.24) is 4.90 Å². The van der Waals surface area contributed by atoms with Gasteiger partial charge in [0.25, 0.3) is 5.91 Å². The Hall–Kier alpha value is -1.55. The van der Waals surface area contributed by atoms with Gasteiger partial charge in [-0.05, 0) is 44.4 Å². The van der Waals surface area contributed by atoms with Crippen LogP contribution in [0.1, 0.15) is 36.2 Å². The quantitative estimate of drug-likeness (QED) is 0.898. The van der Waals surface area contributed by atoms with E-state index in [4.69, 9.17) is 4.74 Å². The largest absolute Gasteiger partial charge is 0.385 e. The van der Waals surface area contributed by atoms with Crippen LogP contribution in [0.5, 0.6) is 0 Å². The lowest BCUT2D eigenvalue weighted by Crippen LogP contribution is -2.41. The summed E-state index contributed by atoms with van der Waals surface area (Å²) in [7, 11) is 1.67. The van der Waals surface area contributed by atoms with Crippen LogP contribution in [-0.2, 0) is 11.2 Å². The Bertz CT molecular complexity index is 474. The van der Waals surface area contributed by atoms with Gasteiger partial charge in [-0.15, -0.1) is 0 Å². The molecule has 1 aromatic rings. The Morgan fingerprint density at radius 3 is 3.00 bits per heavy atom. The van der Waals surface area contributed by atoms with Crippen molar-refractivity contribution in [1.29, 1.82) is 0 Å². The lowest BCUT2D eigenvalue weighted by Gasteiger charge is -2.29. The number of fused-ring (bicyclic) bond motifs is 1. The van der Waals surface area contributed by atoms with E-state index in [1.807, 2.05) is 30.9 Å². The van der Waals surface area contributed by atoms with Crippen LogP contribution >= 0.6 is 0 Å². The van der Waals surface area contributed by atoms with Crippen LogP contribution in [0.25, 0.3) is 0 Å². The summed E-state index contributed by atoms with van der Waals surface area (Å²) in [4.78, 5) is 14.7. The first kappa shape index (κ1) is 14.9. The maximum Gasteiger partial charge on any atom is 0.254 e. The molecule has 0 aliphatic carbocycles. The van der Waals surface area contributed by atoms with Crippen molar-refractivity contribution in [3.05, 3.63) is 29.3 Å². The number of ether oxygens (including phenoxy) is 1. The van der Waals surface area contributed by atoms with Gasteiger partial charge in [0.2, 0.25) is 0 Å². The summed E-state index contributed by atoms with van der Waals surface area (Å²) in [5, 5.41) is 3.37. The second kappa shape index (κ2) is 6.75. The monoisotopic (exact) mass is 276 g/mol. The van der Waals surface area contributed by atoms with Crippen LogP contribution < -0.4 is 5.32 Å². The number of rotatable bonds is 5. The van der Waals surface area contributed by atoms with Crippen molar-refractivity contribution < 1.29 is 9.53 Å². The van der Waals surface area contributed by atoms with Gasteiger partial charge in [-0.3, -0.25) is 4.79 Å². The summed E-state index contributed by atoms with van der Waals surface area (Å²) in [6.07, 6.45) is 2.05. The molecule has 1 amide bonds. The van der Waals surface area contributed by atoms with Crippen molar-refractivity contribution in [3.63, 3.8) is 0 Å². The zero-order valence-corrected chi connectivity index (χ0v) is 12.6. The molecule has 1 N–H and O–H groups in total. The molecule has 0 saturated heterocycles. The van der Waals surface area contributed by atoms with E-state index in [2.05, 4.69) is 11.4 Å². The van der Waals surface area contributed by atoms with Crippen molar-refractivity contribution in [3.8, 4) is 0 Å². The van der Waals surface area contributed by atoms with Gasteiger partial charge in [0, 0.05) is 31.5 Å². The van der Waals surface area contributed by atoms with E-state index in [9.17, 15) is 4.79 Å². The van der Waals surface area contributed by atoms with Gasteiger partial charge in [-0.25, -0.2) is 0 Å². The van der Waals surface area contributed by atoms with Crippen molar-refractivity contribution >= 4 is 11.6 Å². The lowest BCUT2D eigenvalue weighted by molar-refractivity contribution is 0.0578. The molecule has 4 heteroatoms. The predicted molar refractivity (Wildman–Crippen MR) is 81.3 cm³/mol. The highest BCUT2D eigenvalue weighted by Gasteiger charge is 2.24. The first-order chi connectivity index (χ1) is 9.69. The molecule has 0 fully saturated rings. The molecule has 1 aromatic carbocycles. The molecule has 20 heavy (non-hydrogen) atoms. The number of methoxy groups -OCH3 is 1. The smallest absolute Gasteiger partial charge is 0.254 e. The maximum absolute atomic E-state index is 12.8. The highest BCUT2D eigenvalue weighted by atomic mass is 16.5. The molecule has 4 nitrogen and oxygen atoms in total. The van der Waals surface area contributed by atoms with Gasteiger partial charge in [0.15, 0.2) is 0 Å². The third-order valence-electron chi connectivity index (χ3n) is 3.87. The summed E-state index contributed by atoms with van der Waals surface area (Å²) in [6, 6.07) is 6.04. The number of benzene rings is 1. The fourth-order valence-corrected chi connectivity index (χ4v) is 2.85. The fourth-order valence-electron chi connectivity index (χ4n) is 2.85. The standard InChI is InChI=1S/C16H24N2O2/c1-4-18(12(2)11-20-3)16(19)14-7-5-9-15-13(14)8-6-10-17-15/h5,7,9,12,17H,4,6,8,10-11H2,1-3H3. The molecule has 0 bridgehead atoms. The molecule has 1 heterocycles. The van der Waals surface area contributed by atoms with E-state index in [1.54, 1.807) is 7.11 Å². The Labute approximate surface area is 121 Å². The van der Waals surface area contributed by atoms with Crippen molar-refractivity contribution in [2.45, 2.75) is 32.7 Å². The van der Waals surface area contributed by atoms with Crippen molar-refractivity contribution in [2.75, 3.05) is 32.1 Å². The van der Waals surface area contributed by atoms with Crippen molar-refractivity contribution in [2.24, 2.45) is 0 Å². The molecule has 1 unspecified atom stereocenters. The summed E-state index contributed by atoms with van der Waals surface area (Å²) < 4.78 is 5.18. The number of hydrogen-bond donors (Lipinski definition) is 1. The minimum absolute atomic E-state index is 0.0879. The molecule has 1 atom stereocenters. The Morgan fingerprint density at radius 1 is 1.50 bits per heavy atom. The first-order valence-corrected chi connectivity index (χ1v) is 7.34. The summed E-state index contributed by atoms with van der Waals surface area (Å²) in [6.45, 7) is 6.28. The second-order valence-corrected chi connectivity index (χ2v) is 5.26. The maximum atomic E-state index is 12.8. The SMILES string of the molecule is CCN(C(=O)c1cccc2c1CCCN2)C(C)COC. The summed E-state index contributed by atoms with van der Waals surface area (Å²) in [5.41, 5.74) is 3.10. The third-order valence-corrected chi connectivity index (χ3v) is 3.87. The third kappa shape index (κ3) is 2.96.